The van der Waals surface area contributed by atoms with Gasteiger partial charge in [0.05, 0.1) is 17.0 Å². The lowest BCUT2D eigenvalue weighted by Crippen LogP contribution is -2.27. The van der Waals surface area contributed by atoms with Gasteiger partial charge in [-0.15, -0.1) is 0 Å². The Hall–Kier alpha value is -2.83. The summed E-state index contributed by atoms with van der Waals surface area (Å²) < 4.78 is 27.6. The van der Waals surface area contributed by atoms with E-state index in [1.54, 1.807) is 48.5 Å². The summed E-state index contributed by atoms with van der Waals surface area (Å²) in [6, 6.07) is 23.0. The van der Waals surface area contributed by atoms with E-state index in [-0.39, 0.29) is 22.9 Å². The molecular formula is C22H21ClN2O3S. The summed E-state index contributed by atoms with van der Waals surface area (Å²) >= 11 is 5.84. The first-order valence-electron chi connectivity index (χ1n) is 9.09. The zero-order valence-electron chi connectivity index (χ0n) is 15.6. The lowest BCUT2D eigenvalue weighted by molar-refractivity contribution is 0.0955. The molecule has 3 rings (SSSR count). The van der Waals surface area contributed by atoms with E-state index in [0.29, 0.717) is 23.6 Å². The Balaban J connectivity index is 1.66. The predicted octanol–water partition coefficient (Wildman–Crippen LogP) is 4.25. The number of amides is 1. The quantitative estimate of drug-likeness (QED) is 0.563. The zero-order chi connectivity index (χ0) is 20.7. The van der Waals surface area contributed by atoms with Gasteiger partial charge < -0.3 is 5.32 Å². The Kier molecular flexibility index (Phi) is 6.90. The molecule has 0 saturated heterocycles. The number of hydrogen-bond acceptors (Lipinski definition) is 3. The molecule has 0 saturated carbocycles. The number of nitrogens with one attached hydrogen (secondary N) is 2. The highest BCUT2D eigenvalue weighted by molar-refractivity contribution is 7.91. The highest BCUT2D eigenvalue weighted by Crippen LogP contribution is 2.19. The number of carbonyl (C=O) groups is 1. The van der Waals surface area contributed by atoms with E-state index >= 15 is 0 Å². The highest BCUT2D eigenvalue weighted by atomic mass is 35.5. The van der Waals surface area contributed by atoms with Crippen molar-refractivity contribution in [2.24, 2.45) is 0 Å². The average Bonchev–Trinajstić information content (AvgIpc) is 2.70. The number of rotatable bonds is 8. The van der Waals surface area contributed by atoms with Crippen LogP contribution in [0.1, 0.15) is 21.5 Å². The smallest absolute Gasteiger partial charge is 0.253 e. The number of hydrogen-bond donors (Lipinski definition) is 2. The molecule has 0 atom stereocenters. The molecule has 0 spiro atoms. The second-order valence-electron chi connectivity index (χ2n) is 6.52. The van der Waals surface area contributed by atoms with Crippen molar-refractivity contribution in [3.05, 3.63) is 101 Å². The first-order valence-corrected chi connectivity index (χ1v) is 11.1. The van der Waals surface area contributed by atoms with Crippen molar-refractivity contribution < 1.29 is 13.2 Å². The molecule has 0 aromatic heterocycles. The van der Waals surface area contributed by atoms with Crippen LogP contribution in [0.3, 0.4) is 0 Å². The Morgan fingerprint density at radius 3 is 2.21 bits per heavy atom. The van der Waals surface area contributed by atoms with Crippen LogP contribution >= 0.6 is 11.6 Å². The van der Waals surface area contributed by atoms with Gasteiger partial charge >= 0.3 is 0 Å². The lowest BCUT2D eigenvalue weighted by atomic mass is 10.1. The minimum absolute atomic E-state index is 0.214. The molecule has 29 heavy (non-hydrogen) atoms. The van der Waals surface area contributed by atoms with Crippen molar-refractivity contribution in [2.45, 2.75) is 12.2 Å². The second kappa shape index (κ2) is 9.58. The fourth-order valence-electron chi connectivity index (χ4n) is 2.83. The monoisotopic (exact) mass is 428 g/mol. The van der Waals surface area contributed by atoms with E-state index in [1.807, 2.05) is 30.3 Å². The lowest BCUT2D eigenvalue weighted by Gasteiger charge is -2.13. The normalized spacial score (nSPS) is 11.1. The fourth-order valence-corrected chi connectivity index (χ4v) is 4.18. The van der Waals surface area contributed by atoms with Crippen LogP contribution in [-0.4, -0.2) is 20.9 Å². The first kappa shape index (κ1) is 20.9. The Bertz CT molecular complexity index is 1070. The largest absolute Gasteiger partial charge is 0.352 e. The number of sulfonamides is 1. The van der Waals surface area contributed by atoms with Crippen LogP contribution in [0.15, 0.2) is 78.9 Å². The number of halogens is 1. The van der Waals surface area contributed by atoms with Crippen LogP contribution in [0, 0.1) is 0 Å². The molecule has 0 fully saturated rings. The highest BCUT2D eigenvalue weighted by Gasteiger charge is 2.17. The fraction of sp³-hybridized carbons (Fsp3) is 0.136. The van der Waals surface area contributed by atoms with E-state index in [0.717, 1.165) is 5.56 Å². The van der Waals surface area contributed by atoms with E-state index in [4.69, 9.17) is 11.6 Å². The van der Waals surface area contributed by atoms with E-state index in [2.05, 4.69) is 10.0 Å². The summed E-state index contributed by atoms with van der Waals surface area (Å²) in [5.41, 5.74) is 2.25. The maximum absolute atomic E-state index is 12.6. The van der Waals surface area contributed by atoms with Gasteiger partial charge in [-0.05, 0) is 41.8 Å². The van der Waals surface area contributed by atoms with Crippen LogP contribution in [0.4, 0.5) is 5.69 Å². The third-order valence-electron chi connectivity index (χ3n) is 4.25. The summed E-state index contributed by atoms with van der Waals surface area (Å²) in [6.07, 6.45) is 0.692. The molecule has 0 aliphatic heterocycles. The molecule has 5 nitrogen and oxygen atoms in total. The van der Waals surface area contributed by atoms with Crippen LogP contribution in [-0.2, 0) is 22.2 Å². The van der Waals surface area contributed by atoms with Gasteiger partial charge in [0.25, 0.3) is 5.91 Å². The molecule has 0 unspecified atom stereocenters. The number of anilines is 1. The maximum Gasteiger partial charge on any atom is 0.253 e. The molecule has 1 amide bonds. The van der Waals surface area contributed by atoms with E-state index < -0.39 is 10.0 Å². The topological polar surface area (TPSA) is 75.3 Å². The second-order valence-corrected chi connectivity index (χ2v) is 8.68. The Morgan fingerprint density at radius 1 is 0.828 bits per heavy atom. The third kappa shape index (κ3) is 6.34. The van der Waals surface area contributed by atoms with Gasteiger partial charge in [-0.3, -0.25) is 9.52 Å². The van der Waals surface area contributed by atoms with Crippen molar-refractivity contribution in [1.29, 1.82) is 0 Å². The van der Waals surface area contributed by atoms with Crippen molar-refractivity contribution in [1.82, 2.24) is 5.32 Å². The first-order chi connectivity index (χ1) is 13.9. The van der Waals surface area contributed by atoms with Gasteiger partial charge in [-0.1, -0.05) is 66.2 Å². The Labute approximate surface area is 175 Å². The summed E-state index contributed by atoms with van der Waals surface area (Å²) in [7, 11) is -3.69. The molecule has 2 N–H and O–H groups in total. The average molecular weight is 429 g/mol. The van der Waals surface area contributed by atoms with Crippen LogP contribution in [0.2, 0.25) is 5.02 Å². The SMILES string of the molecule is O=C(NCCc1ccccc1)c1ccccc1NS(=O)(=O)Cc1ccc(Cl)cc1. The molecule has 0 heterocycles. The van der Waals surface area contributed by atoms with Crippen LogP contribution < -0.4 is 10.0 Å². The van der Waals surface area contributed by atoms with Gasteiger partial charge in [0.1, 0.15) is 0 Å². The van der Waals surface area contributed by atoms with Gasteiger partial charge in [0.2, 0.25) is 10.0 Å². The molecule has 3 aromatic rings. The number of carbonyl (C=O) groups excluding carboxylic acids is 1. The molecule has 0 aliphatic rings. The molecule has 7 heteroatoms. The predicted molar refractivity (Wildman–Crippen MR) is 117 cm³/mol. The molecule has 0 aliphatic carbocycles. The minimum atomic E-state index is -3.69. The third-order valence-corrected chi connectivity index (χ3v) is 5.75. The van der Waals surface area contributed by atoms with Gasteiger partial charge in [-0.2, -0.15) is 0 Å². The molecular weight excluding hydrogens is 408 g/mol. The molecule has 150 valence electrons. The Morgan fingerprint density at radius 2 is 1.48 bits per heavy atom. The van der Waals surface area contributed by atoms with Crippen molar-refractivity contribution >= 4 is 33.2 Å². The standard InChI is InChI=1S/C22H21ClN2O3S/c23-19-12-10-18(11-13-19)16-29(27,28)25-21-9-5-4-8-20(21)22(26)24-15-14-17-6-2-1-3-7-17/h1-13,25H,14-16H2,(H,24,26). The minimum Gasteiger partial charge on any atom is -0.352 e. The van der Waals surface area contributed by atoms with Gasteiger partial charge in [-0.25, -0.2) is 8.42 Å². The molecule has 3 aromatic carbocycles. The summed E-state index contributed by atoms with van der Waals surface area (Å²) in [5.74, 6) is -0.542. The summed E-state index contributed by atoms with van der Waals surface area (Å²) in [5, 5.41) is 3.38. The number of benzene rings is 3. The number of para-hydroxylation sites is 1. The van der Waals surface area contributed by atoms with Gasteiger partial charge in [0.15, 0.2) is 0 Å². The van der Waals surface area contributed by atoms with Crippen LogP contribution in [0.5, 0.6) is 0 Å². The molecule has 0 bridgehead atoms. The van der Waals surface area contributed by atoms with E-state index in [9.17, 15) is 13.2 Å². The van der Waals surface area contributed by atoms with Crippen molar-refractivity contribution in [2.75, 3.05) is 11.3 Å². The van der Waals surface area contributed by atoms with Gasteiger partial charge in [0, 0.05) is 11.6 Å². The summed E-state index contributed by atoms with van der Waals surface area (Å²) in [6.45, 7) is 0.453. The van der Waals surface area contributed by atoms with Crippen molar-refractivity contribution in [3.8, 4) is 0 Å². The van der Waals surface area contributed by atoms with E-state index in [1.165, 1.54) is 0 Å². The zero-order valence-corrected chi connectivity index (χ0v) is 17.2. The van der Waals surface area contributed by atoms with Crippen LogP contribution in [0.25, 0.3) is 0 Å². The summed E-state index contributed by atoms with van der Waals surface area (Å²) in [4.78, 5) is 12.6. The maximum atomic E-state index is 12.6. The van der Waals surface area contributed by atoms with Crippen molar-refractivity contribution in [3.63, 3.8) is 0 Å². The molecule has 0 radical (unpaired) electrons.